The summed E-state index contributed by atoms with van der Waals surface area (Å²) in [5, 5.41) is 13.0. The van der Waals surface area contributed by atoms with Crippen molar-refractivity contribution in [3.63, 3.8) is 0 Å². The lowest BCUT2D eigenvalue weighted by atomic mass is 10.3. The molecule has 1 aromatic rings. The monoisotopic (exact) mass is 230 g/mol. The zero-order valence-corrected chi connectivity index (χ0v) is 9.37. The van der Waals surface area contributed by atoms with E-state index in [4.69, 9.17) is 16.3 Å². The molecule has 0 amide bonds. The van der Waals surface area contributed by atoms with Gasteiger partial charge in [0.05, 0.1) is 17.7 Å². The van der Waals surface area contributed by atoms with Crippen LogP contribution in [-0.4, -0.2) is 36.0 Å². The minimum atomic E-state index is -0.526. The van der Waals surface area contributed by atoms with Gasteiger partial charge in [-0.1, -0.05) is 11.6 Å². The van der Waals surface area contributed by atoms with E-state index in [0.29, 0.717) is 30.6 Å². The van der Waals surface area contributed by atoms with Gasteiger partial charge in [-0.05, 0) is 19.1 Å². The van der Waals surface area contributed by atoms with Gasteiger partial charge in [-0.25, -0.2) is 4.98 Å². The van der Waals surface area contributed by atoms with Gasteiger partial charge in [-0.15, -0.1) is 0 Å². The second-order valence-electron chi connectivity index (χ2n) is 3.06. The Balaban J connectivity index is 2.27. The van der Waals surface area contributed by atoms with Crippen LogP contribution < -0.4 is 5.32 Å². The maximum absolute atomic E-state index is 9.45. The summed E-state index contributed by atoms with van der Waals surface area (Å²) < 4.78 is 5.07. The number of ether oxygens (including phenoxy) is 1. The quantitative estimate of drug-likeness (QED) is 0.779. The number of aromatic nitrogens is 1. The molecule has 0 aliphatic carbocycles. The molecule has 0 aromatic carbocycles. The maximum Gasteiger partial charge on any atom is 0.126 e. The van der Waals surface area contributed by atoms with Crippen LogP contribution in [0, 0.1) is 0 Å². The van der Waals surface area contributed by atoms with Crippen LogP contribution >= 0.6 is 11.6 Å². The number of hydrogen-bond donors (Lipinski definition) is 2. The average Bonchev–Trinajstić information content (AvgIpc) is 2.25. The van der Waals surface area contributed by atoms with Gasteiger partial charge in [-0.3, -0.25) is 0 Å². The Kier molecular flexibility index (Phi) is 5.39. The van der Waals surface area contributed by atoms with E-state index >= 15 is 0 Å². The second kappa shape index (κ2) is 6.61. The van der Waals surface area contributed by atoms with Crippen LogP contribution in [0.15, 0.2) is 18.3 Å². The minimum absolute atomic E-state index is 0.330. The lowest BCUT2D eigenvalue weighted by molar-refractivity contribution is 0.0495. The zero-order valence-electron chi connectivity index (χ0n) is 8.61. The van der Waals surface area contributed by atoms with Gasteiger partial charge in [0.2, 0.25) is 0 Å². The third-order valence-electron chi connectivity index (χ3n) is 1.76. The zero-order chi connectivity index (χ0) is 11.1. The third kappa shape index (κ3) is 4.97. The molecule has 0 aliphatic rings. The summed E-state index contributed by atoms with van der Waals surface area (Å²) in [4.78, 5) is 4.04. The first kappa shape index (κ1) is 12.2. The van der Waals surface area contributed by atoms with Crippen molar-refractivity contribution in [2.75, 3.05) is 25.1 Å². The fourth-order valence-corrected chi connectivity index (χ4v) is 1.13. The number of rotatable bonds is 6. The second-order valence-corrected chi connectivity index (χ2v) is 3.49. The first-order valence-electron chi connectivity index (χ1n) is 4.83. The predicted molar refractivity (Wildman–Crippen MR) is 60.2 cm³/mol. The van der Waals surface area contributed by atoms with E-state index in [1.807, 2.05) is 6.92 Å². The normalized spacial score (nSPS) is 12.5. The molecule has 0 saturated carbocycles. The molecule has 1 heterocycles. The summed E-state index contributed by atoms with van der Waals surface area (Å²) in [6.45, 7) is 3.24. The summed E-state index contributed by atoms with van der Waals surface area (Å²) >= 11 is 5.68. The Bertz CT molecular complexity index is 279. The molecule has 0 spiro atoms. The van der Waals surface area contributed by atoms with E-state index in [0.717, 1.165) is 0 Å². The third-order valence-corrected chi connectivity index (χ3v) is 1.98. The molecule has 0 bridgehead atoms. The molecular formula is C10H15ClN2O2. The Morgan fingerprint density at radius 2 is 2.40 bits per heavy atom. The number of hydrogen-bond acceptors (Lipinski definition) is 4. The number of halogens is 1. The van der Waals surface area contributed by atoms with Crippen molar-refractivity contribution in [2.45, 2.75) is 13.0 Å². The smallest absolute Gasteiger partial charge is 0.126 e. The van der Waals surface area contributed by atoms with Crippen molar-refractivity contribution >= 4 is 17.4 Å². The van der Waals surface area contributed by atoms with Crippen molar-refractivity contribution in [3.8, 4) is 0 Å². The highest BCUT2D eigenvalue weighted by atomic mass is 35.5. The Labute approximate surface area is 94.2 Å². The Morgan fingerprint density at radius 3 is 3.00 bits per heavy atom. The van der Waals surface area contributed by atoms with E-state index in [-0.39, 0.29) is 0 Å². The van der Waals surface area contributed by atoms with Gasteiger partial charge >= 0.3 is 0 Å². The molecule has 1 aromatic heterocycles. The van der Waals surface area contributed by atoms with Gasteiger partial charge in [0.1, 0.15) is 5.82 Å². The Morgan fingerprint density at radius 1 is 1.60 bits per heavy atom. The molecular weight excluding hydrogens is 216 g/mol. The van der Waals surface area contributed by atoms with Crippen molar-refractivity contribution in [1.82, 2.24) is 4.98 Å². The van der Waals surface area contributed by atoms with Crippen LogP contribution in [0.3, 0.4) is 0 Å². The fourth-order valence-electron chi connectivity index (χ4n) is 1.02. The van der Waals surface area contributed by atoms with Gasteiger partial charge in [0.15, 0.2) is 0 Å². The molecule has 0 saturated heterocycles. The van der Waals surface area contributed by atoms with Gasteiger partial charge in [0, 0.05) is 19.3 Å². The molecule has 2 N–H and O–H groups in total. The topological polar surface area (TPSA) is 54.4 Å². The van der Waals surface area contributed by atoms with E-state index in [9.17, 15) is 5.11 Å². The van der Waals surface area contributed by atoms with E-state index in [1.165, 1.54) is 0 Å². The Hall–Kier alpha value is -0.840. The van der Waals surface area contributed by atoms with Gasteiger partial charge < -0.3 is 15.2 Å². The standard InChI is InChI=1S/C10H15ClN2O2/c1-2-15-7-9(14)6-13-10-4-3-8(11)5-12-10/h3-5,9,14H,2,6-7H2,1H3,(H,12,13)/t9-/m1/s1. The molecule has 1 atom stereocenters. The molecule has 1 rings (SSSR count). The highest BCUT2D eigenvalue weighted by molar-refractivity contribution is 6.30. The van der Waals surface area contributed by atoms with Gasteiger partial charge in [0.25, 0.3) is 0 Å². The number of aliphatic hydroxyl groups is 1. The van der Waals surface area contributed by atoms with E-state index < -0.39 is 6.10 Å². The highest BCUT2D eigenvalue weighted by Gasteiger charge is 2.03. The molecule has 15 heavy (non-hydrogen) atoms. The lowest BCUT2D eigenvalue weighted by Crippen LogP contribution is -2.25. The van der Waals surface area contributed by atoms with Crippen LogP contribution in [-0.2, 0) is 4.74 Å². The molecule has 4 nitrogen and oxygen atoms in total. The molecule has 0 fully saturated rings. The van der Waals surface area contributed by atoms with Crippen molar-refractivity contribution in [1.29, 1.82) is 0 Å². The van der Waals surface area contributed by atoms with Crippen molar-refractivity contribution < 1.29 is 9.84 Å². The van der Waals surface area contributed by atoms with Gasteiger partial charge in [-0.2, -0.15) is 0 Å². The number of anilines is 1. The van der Waals surface area contributed by atoms with Crippen molar-refractivity contribution in [3.05, 3.63) is 23.4 Å². The van der Waals surface area contributed by atoms with E-state index in [2.05, 4.69) is 10.3 Å². The molecule has 0 aliphatic heterocycles. The SMILES string of the molecule is CCOC[C@H](O)CNc1ccc(Cl)cn1. The first-order chi connectivity index (χ1) is 7.22. The summed E-state index contributed by atoms with van der Waals surface area (Å²) in [7, 11) is 0. The molecule has 5 heteroatoms. The average molecular weight is 231 g/mol. The summed E-state index contributed by atoms with van der Waals surface area (Å²) in [5.41, 5.74) is 0. The molecule has 0 unspecified atom stereocenters. The van der Waals surface area contributed by atoms with Crippen LogP contribution in [0.2, 0.25) is 5.02 Å². The first-order valence-corrected chi connectivity index (χ1v) is 5.21. The van der Waals surface area contributed by atoms with Crippen molar-refractivity contribution in [2.24, 2.45) is 0 Å². The summed E-state index contributed by atoms with van der Waals surface area (Å²) in [5.74, 6) is 0.690. The van der Waals surface area contributed by atoms with E-state index in [1.54, 1.807) is 18.3 Å². The van der Waals surface area contributed by atoms with Crippen LogP contribution in [0.4, 0.5) is 5.82 Å². The fraction of sp³-hybridized carbons (Fsp3) is 0.500. The highest BCUT2D eigenvalue weighted by Crippen LogP contribution is 2.09. The van der Waals surface area contributed by atoms with Crippen LogP contribution in [0.1, 0.15) is 6.92 Å². The number of aliphatic hydroxyl groups excluding tert-OH is 1. The number of nitrogens with one attached hydrogen (secondary N) is 1. The summed E-state index contributed by atoms with van der Waals surface area (Å²) in [6.07, 6.45) is 1.03. The number of nitrogens with zero attached hydrogens (tertiary/aromatic N) is 1. The largest absolute Gasteiger partial charge is 0.389 e. The predicted octanol–water partition coefficient (Wildman–Crippen LogP) is 1.54. The lowest BCUT2D eigenvalue weighted by Gasteiger charge is -2.11. The maximum atomic E-state index is 9.45. The van der Waals surface area contributed by atoms with Crippen LogP contribution in [0.5, 0.6) is 0 Å². The molecule has 84 valence electrons. The number of pyridine rings is 1. The molecule has 0 radical (unpaired) electrons. The summed E-state index contributed by atoms with van der Waals surface area (Å²) in [6, 6.07) is 3.50. The minimum Gasteiger partial charge on any atom is -0.389 e. The van der Waals surface area contributed by atoms with Crippen LogP contribution in [0.25, 0.3) is 0 Å².